The molecular weight excluding hydrogens is 232 g/mol. The maximum Gasteiger partial charge on any atom is 0.245 e. The SMILES string of the molecule is Cc1cc(NC(=O)CN2CCCCC2=O)n(C)n1. The summed E-state index contributed by atoms with van der Waals surface area (Å²) < 4.78 is 1.62. The summed E-state index contributed by atoms with van der Waals surface area (Å²) in [6.45, 7) is 2.67. The minimum absolute atomic E-state index is 0.0672. The van der Waals surface area contributed by atoms with Gasteiger partial charge in [-0.25, -0.2) is 0 Å². The van der Waals surface area contributed by atoms with Gasteiger partial charge in [0.2, 0.25) is 11.8 Å². The standard InChI is InChI=1S/C12H18N4O2/c1-9-7-10(15(2)14-9)13-11(17)8-16-6-4-3-5-12(16)18/h7H,3-6,8H2,1-2H3,(H,13,17). The number of rotatable bonds is 3. The molecule has 6 heteroatoms. The third-order valence-corrected chi connectivity index (χ3v) is 3.03. The van der Waals surface area contributed by atoms with Gasteiger partial charge in [0.25, 0.3) is 0 Å². The van der Waals surface area contributed by atoms with Crippen LogP contribution in [-0.2, 0) is 16.6 Å². The predicted octanol–water partition coefficient (Wildman–Crippen LogP) is 0.680. The number of hydrogen-bond donors (Lipinski definition) is 1. The van der Waals surface area contributed by atoms with Gasteiger partial charge in [-0.1, -0.05) is 0 Å². The molecule has 2 heterocycles. The van der Waals surface area contributed by atoms with Crippen molar-refractivity contribution in [2.24, 2.45) is 7.05 Å². The normalized spacial score (nSPS) is 15.9. The lowest BCUT2D eigenvalue weighted by atomic mass is 10.1. The van der Waals surface area contributed by atoms with Crippen LogP contribution >= 0.6 is 0 Å². The minimum Gasteiger partial charge on any atom is -0.333 e. The molecule has 2 amide bonds. The number of carbonyl (C=O) groups excluding carboxylic acids is 2. The largest absolute Gasteiger partial charge is 0.333 e. The Morgan fingerprint density at radius 3 is 2.89 bits per heavy atom. The smallest absolute Gasteiger partial charge is 0.245 e. The van der Waals surface area contributed by atoms with Crippen molar-refractivity contribution in [3.05, 3.63) is 11.8 Å². The Morgan fingerprint density at radius 2 is 2.28 bits per heavy atom. The number of nitrogens with zero attached hydrogens (tertiary/aromatic N) is 3. The first-order valence-electron chi connectivity index (χ1n) is 6.14. The number of carbonyl (C=O) groups is 2. The molecular formula is C12H18N4O2. The molecule has 0 aliphatic carbocycles. The Balaban J connectivity index is 1.92. The molecule has 1 fully saturated rings. The van der Waals surface area contributed by atoms with E-state index >= 15 is 0 Å². The summed E-state index contributed by atoms with van der Waals surface area (Å²) in [7, 11) is 1.77. The first-order chi connectivity index (χ1) is 8.56. The monoisotopic (exact) mass is 250 g/mol. The second-order valence-corrected chi connectivity index (χ2v) is 4.62. The van der Waals surface area contributed by atoms with Crippen molar-refractivity contribution in [3.63, 3.8) is 0 Å². The predicted molar refractivity (Wildman–Crippen MR) is 67.0 cm³/mol. The van der Waals surface area contributed by atoms with Crippen molar-refractivity contribution >= 4 is 17.6 Å². The van der Waals surface area contributed by atoms with E-state index in [0.29, 0.717) is 18.8 Å². The maximum absolute atomic E-state index is 11.8. The Hall–Kier alpha value is -1.85. The van der Waals surface area contributed by atoms with Gasteiger partial charge in [-0.15, -0.1) is 0 Å². The van der Waals surface area contributed by atoms with Gasteiger partial charge in [-0.05, 0) is 19.8 Å². The van der Waals surface area contributed by atoms with Crippen molar-refractivity contribution in [1.82, 2.24) is 14.7 Å². The van der Waals surface area contributed by atoms with Gasteiger partial charge in [0.1, 0.15) is 5.82 Å². The quantitative estimate of drug-likeness (QED) is 0.857. The van der Waals surface area contributed by atoms with Gasteiger partial charge in [0.05, 0.1) is 12.2 Å². The molecule has 0 unspecified atom stereocenters. The number of aromatic nitrogens is 2. The van der Waals surface area contributed by atoms with Crippen LogP contribution in [0.5, 0.6) is 0 Å². The first-order valence-corrected chi connectivity index (χ1v) is 6.14. The van der Waals surface area contributed by atoms with Crippen LogP contribution in [0.4, 0.5) is 5.82 Å². The Kier molecular flexibility index (Phi) is 3.64. The van der Waals surface area contributed by atoms with Crippen molar-refractivity contribution in [2.45, 2.75) is 26.2 Å². The van der Waals surface area contributed by atoms with E-state index in [1.807, 2.05) is 6.92 Å². The molecule has 0 radical (unpaired) electrons. The van der Waals surface area contributed by atoms with Crippen molar-refractivity contribution in [1.29, 1.82) is 0 Å². The zero-order chi connectivity index (χ0) is 13.1. The lowest BCUT2D eigenvalue weighted by Gasteiger charge is -2.25. The molecule has 6 nitrogen and oxygen atoms in total. The number of amides is 2. The summed E-state index contributed by atoms with van der Waals surface area (Å²) in [4.78, 5) is 25.0. The molecule has 1 aliphatic heterocycles. The molecule has 1 aromatic rings. The highest BCUT2D eigenvalue weighted by Gasteiger charge is 2.20. The number of anilines is 1. The van der Waals surface area contributed by atoms with E-state index in [-0.39, 0.29) is 18.4 Å². The molecule has 1 N–H and O–H groups in total. The van der Waals surface area contributed by atoms with E-state index in [2.05, 4.69) is 10.4 Å². The summed E-state index contributed by atoms with van der Waals surface area (Å²) >= 11 is 0. The van der Waals surface area contributed by atoms with E-state index in [0.717, 1.165) is 18.5 Å². The van der Waals surface area contributed by atoms with E-state index < -0.39 is 0 Å². The fourth-order valence-electron chi connectivity index (χ4n) is 2.11. The summed E-state index contributed by atoms with van der Waals surface area (Å²) in [6.07, 6.45) is 2.46. The molecule has 0 saturated carbocycles. The number of aryl methyl sites for hydroxylation is 2. The highest BCUT2D eigenvalue weighted by Crippen LogP contribution is 2.11. The van der Waals surface area contributed by atoms with Crippen molar-refractivity contribution in [2.75, 3.05) is 18.4 Å². The zero-order valence-electron chi connectivity index (χ0n) is 10.8. The van der Waals surface area contributed by atoms with Gasteiger partial charge in [-0.3, -0.25) is 14.3 Å². The number of piperidine rings is 1. The molecule has 98 valence electrons. The molecule has 0 atom stereocenters. The van der Waals surface area contributed by atoms with Crippen molar-refractivity contribution in [3.8, 4) is 0 Å². The van der Waals surface area contributed by atoms with Crippen LogP contribution in [0.25, 0.3) is 0 Å². The summed E-state index contributed by atoms with van der Waals surface area (Å²) in [5.74, 6) is 0.549. The van der Waals surface area contributed by atoms with Crippen LogP contribution in [0.2, 0.25) is 0 Å². The molecule has 18 heavy (non-hydrogen) atoms. The molecule has 1 aliphatic rings. The van der Waals surface area contributed by atoms with Crippen LogP contribution in [0.3, 0.4) is 0 Å². The molecule has 1 aromatic heterocycles. The first kappa shape index (κ1) is 12.6. The van der Waals surface area contributed by atoms with Crippen LogP contribution in [0.15, 0.2) is 6.07 Å². The van der Waals surface area contributed by atoms with Crippen LogP contribution < -0.4 is 5.32 Å². The number of hydrogen-bond acceptors (Lipinski definition) is 3. The molecule has 0 aromatic carbocycles. The fourth-order valence-corrected chi connectivity index (χ4v) is 2.11. The van der Waals surface area contributed by atoms with Crippen LogP contribution in [0.1, 0.15) is 25.0 Å². The Bertz CT molecular complexity index is 467. The van der Waals surface area contributed by atoms with E-state index in [9.17, 15) is 9.59 Å². The Labute approximate surface area is 106 Å². The van der Waals surface area contributed by atoms with Gasteiger partial charge < -0.3 is 10.2 Å². The third kappa shape index (κ3) is 2.88. The van der Waals surface area contributed by atoms with Gasteiger partial charge in [0.15, 0.2) is 0 Å². The number of likely N-dealkylation sites (tertiary alicyclic amines) is 1. The van der Waals surface area contributed by atoms with Gasteiger partial charge in [-0.2, -0.15) is 5.10 Å². The molecule has 0 bridgehead atoms. The highest BCUT2D eigenvalue weighted by molar-refractivity contribution is 5.94. The van der Waals surface area contributed by atoms with Gasteiger partial charge >= 0.3 is 0 Å². The van der Waals surface area contributed by atoms with Crippen molar-refractivity contribution < 1.29 is 9.59 Å². The zero-order valence-corrected chi connectivity index (χ0v) is 10.8. The topological polar surface area (TPSA) is 67.2 Å². The Morgan fingerprint density at radius 1 is 1.50 bits per heavy atom. The average Bonchev–Trinajstić information content (AvgIpc) is 2.61. The molecule has 2 rings (SSSR count). The summed E-state index contributed by atoms with van der Waals surface area (Å²) in [5.41, 5.74) is 0.849. The number of nitrogens with one attached hydrogen (secondary N) is 1. The van der Waals surface area contributed by atoms with Crippen LogP contribution in [0, 0.1) is 6.92 Å². The fraction of sp³-hybridized carbons (Fsp3) is 0.583. The lowest BCUT2D eigenvalue weighted by Crippen LogP contribution is -2.40. The third-order valence-electron chi connectivity index (χ3n) is 3.03. The summed E-state index contributed by atoms with van der Waals surface area (Å²) in [5, 5.41) is 6.91. The van der Waals surface area contributed by atoms with Gasteiger partial charge in [0, 0.05) is 26.1 Å². The molecule has 1 saturated heterocycles. The second kappa shape index (κ2) is 5.20. The molecule has 0 spiro atoms. The van der Waals surface area contributed by atoms with Crippen LogP contribution in [-0.4, -0.2) is 39.6 Å². The highest BCUT2D eigenvalue weighted by atomic mass is 16.2. The second-order valence-electron chi connectivity index (χ2n) is 4.62. The van der Waals surface area contributed by atoms with E-state index in [1.165, 1.54) is 0 Å². The summed E-state index contributed by atoms with van der Waals surface area (Å²) in [6, 6.07) is 1.80. The minimum atomic E-state index is -0.173. The maximum atomic E-state index is 11.8. The average molecular weight is 250 g/mol. The lowest BCUT2D eigenvalue weighted by molar-refractivity contribution is -0.136. The van der Waals surface area contributed by atoms with E-state index in [1.54, 1.807) is 22.7 Å². The van der Waals surface area contributed by atoms with E-state index in [4.69, 9.17) is 0 Å².